The van der Waals surface area contributed by atoms with Crippen LogP contribution in [0.4, 0.5) is 30.7 Å². The lowest BCUT2D eigenvalue weighted by atomic mass is 9.95. The molecule has 0 fully saturated rings. The summed E-state index contributed by atoms with van der Waals surface area (Å²) >= 11 is 0. The Bertz CT molecular complexity index is 1380. The van der Waals surface area contributed by atoms with Gasteiger partial charge in [-0.05, 0) is 59.2 Å². The minimum atomic E-state index is -4.94. The first kappa shape index (κ1) is 25.7. The highest BCUT2D eigenvalue weighted by Gasteiger charge is 2.34. The van der Waals surface area contributed by atoms with E-state index in [-0.39, 0.29) is 11.1 Å². The molecule has 0 saturated carbocycles. The van der Waals surface area contributed by atoms with E-state index in [2.05, 4.69) is 6.92 Å². The Kier molecular flexibility index (Phi) is 7.38. The van der Waals surface area contributed by atoms with E-state index in [1.165, 1.54) is 6.07 Å². The molecule has 0 atom stereocenters. The molecule has 0 radical (unpaired) electrons. The third-order valence-electron chi connectivity index (χ3n) is 6.25. The highest BCUT2D eigenvalue weighted by atomic mass is 19.4. The molecule has 0 saturated heterocycles. The van der Waals surface area contributed by atoms with Gasteiger partial charge in [-0.3, -0.25) is 0 Å². The Morgan fingerprint density at radius 3 is 2.00 bits per heavy atom. The van der Waals surface area contributed by atoms with Crippen LogP contribution in [-0.2, 0) is 12.6 Å². The summed E-state index contributed by atoms with van der Waals surface area (Å²) in [4.78, 5) is 0. The maximum Gasteiger partial charge on any atom is 0.419 e. The van der Waals surface area contributed by atoms with E-state index in [1.807, 2.05) is 12.1 Å². The predicted octanol–water partition coefficient (Wildman–Crippen LogP) is 9.87. The Morgan fingerprint density at radius 1 is 0.667 bits per heavy atom. The molecule has 0 aliphatic carbocycles. The van der Waals surface area contributed by atoms with Crippen molar-refractivity contribution in [2.75, 3.05) is 0 Å². The molecule has 0 aliphatic rings. The normalized spacial score (nSPS) is 11.9. The second-order valence-corrected chi connectivity index (χ2v) is 8.80. The molecule has 0 bridgehead atoms. The van der Waals surface area contributed by atoms with Gasteiger partial charge in [-0.2, -0.15) is 13.2 Å². The number of alkyl halides is 3. The van der Waals surface area contributed by atoms with Crippen LogP contribution in [0.1, 0.15) is 43.7 Å². The van der Waals surface area contributed by atoms with E-state index >= 15 is 4.39 Å². The molecule has 4 aromatic carbocycles. The van der Waals surface area contributed by atoms with Gasteiger partial charge in [-0.25, -0.2) is 17.6 Å². The Morgan fingerprint density at radius 2 is 1.36 bits per heavy atom. The molecule has 36 heavy (non-hydrogen) atoms. The first-order chi connectivity index (χ1) is 17.1. The van der Waals surface area contributed by atoms with E-state index in [0.717, 1.165) is 55.9 Å². The van der Waals surface area contributed by atoms with E-state index in [9.17, 15) is 26.3 Å². The van der Waals surface area contributed by atoms with Crippen molar-refractivity contribution in [2.24, 2.45) is 0 Å². The molecule has 0 heterocycles. The Balaban J connectivity index is 1.67. The monoisotopic (exact) mass is 504 g/mol. The molecule has 0 unspecified atom stereocenters. The smallest absolute Gasteiger partial charge is 0.206 e. The Hall–Kier alpha value is -3.35. The molecule has 7 heteroatoms. The van der Waals surface area contributed by atoms with Gasteiger partial charge >= 0.3 is 6.18 Å². The number of aryl methyl sites for hydroxylation is 1. The van der Waals surface area contributed by atoms with Crippen LogP contribution in [0.25, 0.3) is 33.0 Å². The summed E-state index contributed by atoms with van der Waals surface area (Å²) in [6, 6.07) is 11.9. The van der Waals surface area contributed by atoms with Crippen molar-refractivity contribution in [3.8, 4) is 22.3 Å². The van der Waals surface area contributed by atoms with E-state index in [1.54, 1.807) is 12.1 Å². The third-order valence-corrected chi connectivity index (χ3v) is 6.25. The lowest BCUT2D eigenvalue weighted by Crippen LogP contribution is -2.08. The van der Waals surface area contributed by atoms with Crippen LogP contribution in [0, 0.1) is 23.3 Å². The second-order valence-electron chi connectivity index (χ2n) is 8.80. The van der Waals surface area contributed by atoms with Crippen LogP contribution < -0.4 is 0 Å². The molecule has 0 nitrogen and oxygen atoms in total. The minimum Gasteiger partial charge on any atom is -0.206 e. The van der Waals surface area contributed by atoms with Crippen molar-refractivity contribution in [1.29, 1.82) is 0 Å². The van der Waals surface area contributed by atoms with Gasteiger partial charge in [-0.1, -0.05) is 62.6 Å². The van der Waals surface area contributed by atoms with Crippen LogP contribution in [0.15, 0.2) is 60.7 Å². The van der Waals surface area contributed by atoms with Crippen LogP contribution in [-0.4, -0.2) is 0 Å². The van der Waals surface area contributed by atoms with Gasteiger partial charge in [0.2, 0.25) is 0 Å². The number of halogens is 7. The van der Waals surface area contributed by atoms with Gasteiger partial charge in [0.05, 0.1) is 11.1 Å². The number of rotatable bonds is 7. The van der Waals surface area contributed by atoms with Crippen molar-refractivity contribution < 1.29 is 30.7 Å². The van der Waals surface area contributed by atoms with Gasteiger partial charge in [0, 0.05) is 10.9 Å². The van der Waals surface area contributed by atoms with E-state index < -0.39 is 46.1 Å². The quantitative estimate of drug-likeness (QED) is 0.174. The summed E-state index contributed by atoms with van der Waals surface area (Å²) in [5.41, 5.74) is -1.65. The standard InChI is InChI=1S/C29H23F7/c1-2-3-4-5-6-17-7-10-21-18(13-17)8-11-22(28(21)33)20-15-25(31)27(26(32)16-20)19-9-12-23(24(30)14-19)29(34,35)36/h7-16H,2-6H2,1H3. The molecule has 0 N–H and O–H groups in total. The molecule has 0 aromatic heterocycles. The average molecular weight is 504 g/mol. The van der Waals surface area contributed by atoms with Crippen LogP contribution in [0.3, 0.4) is 0 Å². The maximum absolute atomic E-state index is 15.3. The molecule has 0 aliphatic heterocycles. The summed E-state index contributed by atoms with van der Waals surface area (Å²) < 4.78 is 97.6. The highest BCUT2D eigenvalue weighted by Crippen LogP contribution is 2.37. The van der Waals surface area contributed by atoms with Crippen molar-refractivity contribution >= 4 is 10.8 Å². The summed E-state index contributed by atoms with van der Waals surface area (Å²) in [5, 5.41) is 0.974. The maximum atomic E-state index is 15.3. The topological polar surface area (TPSA) is 0 Å². The van der Waals surface area contributed by atoms with Gasteiger partial charge in [0.1, 0.15) is 23.3 Å². The van der Waals surface area contributed by atoms with Crippen molar-refractivity contribution in [3.63, 3.8) is 0 Å². The SMILES string of the molecule is CCCCCCc1ccc2c(F)c(-c3cc(F)c(-c4ccc(C(F)(F)F)c(F)c4)c(F)c3)ccc2c1. The van der Waals surface area contributed by atoms with Crippen LogP contribution in [0.5, 0.6) is 0 Å². The summed E-state index contributed by atoms with van der Waals surface area (Å²) in [7, 11) is 0. The number of hydrogen-bond donors (Lipinski definition) is 0. The fourth-order valence-electron chi connectivity index (χ4n) is 4.38. The first-order valence-corrected chi connectivity index (χ1v) is 11.7. The van der Waals surface area contributed by atoms with Gasteiger partial charge in [0.25, 0.3) is 0 Å². The summed E-state index contributed by atoms with van der Waals surface area (Å²) in [5.74, 6) is -4.58. The largest absolute Gasteiger partial charge is 0.419 e. The Labute approximate surface area is 204 Å². The minimum absolute atomic E-state index is 0.0267. The zero-order valence-corrected chi connectivity index (χ0v) is 19.5. The predicted molar refractivity (Wildman–Crippen MR) is 128 cm³/mol. The van der Waals surface area contributed by atoms with Crippen molar-refractivity contribution in [2.45, 2.75) is 45.2 Å². The molecule has 0 spiro atoms. The number of hydrogen-bond acceptors (Lipinski definition) is 0. The summed E-state index contributed by atoms with van der Waals surface area (Å²) in [6.45, 7) is 2.14. The van der Waals surface area contributed by atoms with Crippen LogP contribution in [0.2, 0.25) is 0 Å². The van der Waals surface area contributed by atoms with Crippen molar-refractivity contribution in [1.82, 2.24) is 0 Å². The van der Waals surface area contributed by atoms with E-state index in [4.69, 9.17) is 0 Å². The zero-order chi connectivity index (χ0) is 26.0. The molecule has 188 valence electrons. The molecule has 0 amide bonds. The summed E-state index contributed by atoms with van der Waals surface area (Å²) in [6.07, 6.45) is 0.386. The average Bonchev–Trinajstić information content (AvgIpc) is 2.81. The van der Waals surface area contributed by atoms with Gasteiger partial charge < -0.3 is 0 Å². The fourth-order valence-corrected chi connectivity index (χ4v) is 4.38. The van der Waals surface area contributed by atoms with E-state index in [0.29, 0.717) is 22.9 Å². The second kappa shape index (κ2) is 10.3. The highest BCUT2D eigenvalue weighted by molar-refractivity contribution is 5.89. The molecule has 4 aromatic rings. The lowest BCUT2D eigenvalue weighted by molar-refractivity contribution is -0.139. The third kappa shape index (κ3) is 5.25. The fraction of sp³-hybridized carbons (Fsp3) is 0.241. The van der Waals surface area contributed by atoms with Gasteiger partial charge in [0.15, 0.2) is 0 Å². The number of fused-ring (bicyclic) bond motifs is 1. The lowest BCUT2D eigenvalue weighted by Gasteiger charge is -2.13. The number of benzene rings is 4. The molecule has 4 rings (SSSR count). The zero-order valence-electron chi connectivity index (χ0n) is 19.5. The van der Waals surface area contributed by atoms with Crippen LogP contribution >= 0.6 is 0 Å². The van der Waals surface area contributed by atoms with Crippen molar-refractivity contribution in [3.05, 3.63) is 95.1 Å². The first-order valence-electron chi connectivity index (χ1n) is 11.7. The molecular formula is C29H23F7. The number of unbranched alkanes of at least 4 members (excludes halogenated alkanes) is 3. The molecular weight excluding hydrogens is 481 g/mol. The van der Waals surface area contributed by atoms with Gasteiger partial charge in [-0.15, -0.1) is 0 Å².